The highest BCUT2D eigenvalue weighted by Crippen LogP contribution is 2.07. The second-order valence-corrected chi connectivity index (χ2v) is 2.97. The van der Waals surface area contributed by atoms with Crippen LogP contribution in [0.4, 0.5) is 0 Å². The molecule has 1 aliphatic heterocycles. The van der Waals surface area contributed by atoms with Crippen molar-refractivity contribution >= 4 is 17.1 Å². The van der Waals surface area contributed by atoms with E-state index in [9.17, 15) is 4.21 Å². The fourth-order valence-corrected chi connectivity index (χ4v) is 1.22. The van der Waals surface area contributed by atoms with E-state index in [2.05, 4.69) is 14.2 Å². The van der Waals surface area contributed by atoms with Gasteiger partial charge in [-0.3, -0.25) is 9.01 Å². The molecule has 6 heteroatoms. The number of rotatable bonds is 2. The van der Waals surface area contributed by atoms with Gasteiger partial charge in [0.1, 0.15) is 0 Å². The summed E-state index contributed by atoms with van der Waals surface area (Å²) in [5, 5.41) is 11.8. The molecule has 0 saturated carbocycles. The molecular formula is C5H7N3O2S. The smallest absolute Gasteiger partial charge is 0.269 e. The summed E-state index contributed by atoms with van der Waals surface area (Å²) in [6.45, 7) is 1.81. The summed E-state index contributed by atoms with van der Waals surface area (Å²) < 4.78 is 17.4. The summed E-state index contributed by atoms with van der Waals surface area (Å²) in [4.78, 5) is 0. The van der Waals surface area contributed by atoms with Crippen LogP contribution in [-0.2, 0) is 15.6 Å². The molecule has 0 aromatic rings. The normalized spacial score (nSPS) is 24.4. The molecule has 1 aliphatic rings. The molecular weight excluding hydrogens is 166 g/mol. The Morgan fingerprint density at radius 1 is 2.00 bits per heavy atom. The highest BCUT2D eigenvalue weighted by molar-refractivity contribution is 7.79. The van der Waals surface area contributed by atoms with Crippen LogP contribution in [0.25, 0.3) is 0 Å². The molecule has 1 N–H and O–H groups in total. The number of nitrogens with one attached hydrogen (secondary N) is 1. The number of nitrogens with zero attached hydrogens (tertiary/aromatic N) is 2. The van der Waals surface area contributed by atoms with Crippen LogP contribution in [0.1, 0.15) is 13.3 Å². The summed E-state index contributed by atoms with van der Waals surface area (Å²) in [7, 11) is 0. The van der Waals surface area contributed by atoms with Gasteiger partial charge in [0, 0.05) is 12.3 Å². The van der Waals surface area contributed by atoms with Crippen LogP contribution in [0.3, 0.4) is 0 Å². The van der Waals surface area contributed by atoms with Crippen LogP contribution in [0.2, 0.25) is 0 Å². The number of nitriles is 1. The van der Waals surface area contributed by atoms with Crippen LogP contribution < -0.4 is 4.72 Å². The van der Waals surface area contributed by atoms with E-state index < -0.39 is 11.3 Å². The largest absolute Gasteiger partial charge is 0.338 e. The topological polar surface area (TPSA) is 74.5 Å². The summed E-state index contributed by atoms with van der Waals surface area (Å²) >= 11 is -1.54. The fourth-order valence-electron chi connectivity index (χ4n) is 0.621. The first-order valence-electron chi connectivity index (χ1n) is 3.05. The third-order valence-electron chi connectivity index (χ3n) is 1.26. The Balaban J connectivity index is 2.50. The Morgan fingerprint density at radius 3 is 3.18 bits per heavy atom. The van der Waals surface area contributed by atoms with Crippen molar-refractivity contribution < 1.29 is 8.49 Å². The Hall–Kier alpha value is -1.09. The average Bonchev–Trinajstić information content (AvgIpc) is 2.36. The van der Waals surface area contributed by atoms with E-state index in [0.29, 0.717) is 12.3 Å². The SMILES string of the molecule is CC(CC#N)C1=NOS(=O)N1. The van der Waals surface area contributed by atoms with Crippen molar-refractivity contribution in [1.82, 2.24) is 4.72 Å². The maximum Gasteiger partial charge on any atom is 0.338 e. The predicted molar refractivity (Wildman–Crippen MR) is 39.2 cm³/mol. The third kappa shape index (κ3) is 1.91. The Morgan fingerprint density at radius 2 is 2.73 bits per heavy atom. The molecule has 5 nitrogen and oxygen atoms in total. The Kier molecular flexibility index (Phi) is 2.44. The minimum atomic E-state index is -1.54. The van der Waals surface area contributed by atoms with Gasteiger partial charge >= 0.3 is 11.3 Å². The number of amidine groups is 1. The highest BCUT2D eigenvalue weighted by Gasteiger charge is 2.19. The van der Waals surface area contributed by atoms with Crippen LogP contribution in [-0.4, -0.2) is 10.0 Å². The standard InChI is InChI=1S/C5H7N3O2S/c1-4(2-3-6)5-7-10-11(9)8-5/h4H,2H2,1H3,(H,7,8). The van der Waals surface area contributed by atoms with Gasteiger partial charge in [0.15, 0.2) is 5.84 Å². The van der Waals surface area contributed by atoms with Crippen molar-refractivity contribution in [3.8, 4) is 6.07 Å². The molecule has 2 atom stereocenters. The molecule has 0 aromatic carbocycles. The van der Waals surface area contributed by atoms with Crippen LogP contribution in [0, 0.1) is 17.2 Å². The van der Waals surface area contributed by atoms with E-state index >= 15 is 0 Å². The van der Waals surface area contributed by atoms with Gasteiger partial charge in [-0.1, -0.05) is 12.1 Å². The molecule has 0 amide bonds. The van der Waals surface area contributed by atoms with Crippen molar-refractivity contribution in [2.24, 2.45) is 11.1 Å². The van der Waals surface area contributed by atoms with Gasteiger partial charge in [0.05, 0.1) is 6.07 Å². The zero-order chi connectivity index (χ0) is 8.27. The summed E-state index contributed by atoms with van der Waals surface area (Å²) in [5.74, 6) is 0.427. The molecule has 1 rings (SSSR count). The van der Waals surface area contributed by atoms with Gasteiger partial charge in [0.2, 0.25) is 0 Å². The van der Waals surface area contributed by atoms with Crippen LogP contribution >= 0.6 is 0 Å². The van der Waals surface area contributed by atoms with Gasteiger partial charge in [-0.05, 0) is 0 Å². The second kappa shape index (κ2) is 3.34. The average molecular weight is 173 g/mol. The first-order chi connectivity index (χ1) is 5.24. The van der Waals surface area contributed by atoms with E-state index in [1.165, 1.54) is 0 Å². The lowest BCUT2D eigenvalue weighted by atomic mass is 10.1. The first-order valence-corrected chi connectivity index (χ1v) is 4.12. The zero-order valence-electron chi connectivity index (χ0n) is 5.90. The quantitative estimate of drug-likeness (QED) is 0.641. The Labute approximate surface area is 66.8 Å². The molecule has 0 aliphatic carbocycles. The lowest BCUT2D eigenvalue weighted by Gasteiger charge is -2.01. The fraction of sp³-hybridized carbons (Fsp3) is 0.600. The van der Waals surface area contributed by atoms with E-state index in [1.54, 1.807) is 6.92 Å². The minimum Gasteiger partial charge on any atom is -0.269 e. The number of hydrogen-bond donors (Lipinski definition) is 1. The van der Waals surface area contributed by atoms with Crippen molar-refractivity contribution in [2.45, 2.75) is 13.3 Å². The highest BCUT2D eigenvalue weighted by atomic mass is 32.2. The summed E-state index contributed by atoms with van der Waals surface area (Å²) in [5.41, 5.74) is 0. The van der Waals surface area contributed by atoms with Crippen molar-refractivity contribution in [2.75, 3.05) is 0 Å². The lowest BCUT2D eigenvalue weighted by molar-refractivity contribution is 0.383. The van der Waals surface area contributed by atoms with Crippen molar-refractivity contribution in [3.63, 3.8) is 0 Å². The first kappa shape index (κ1) is 8.01. The summed E-state index contributed by atoms with van der Waals surface area (Å²) in [6, 6.07) is 1.98. The van der Waals surface area contributed by atoms with Crippen molar-refractivity contribution in [3.05, 3.63) is 0 Å². The summed E-state index contributed by atoms with van der Waals surface area (Å²) in [6.07, 6.45) is 0.340. The van der Waals surface area contributed by atoms with E-state index in [1.807, 2.05) is 6.07 Å². The number of hydrogen-bond acceptors (Lipinski definition) is 4. The zero-order valence-corrected chi connectivity index (χ0v) is 6.72. The predicted octanol–water partition coefficient (Wildman–Crippen LogP) is 0.0482. The maximum atomic E-state index is 10.5. The lowest BCUT2D eigenvalue weighted by Crippen LogP contribution is -2.25. The van der Waals surface area contributed by atoms with Gasteiger partial charge < -0.3 is 0 Å². The molecule has 0 spiro atoms. The van der Waals surface area contributed by atoms with Gasteiger partial charge in [-0.15, -0.1) is 0 Å². The maximum absolute atomic E-state index is 10.5. The van der Waals surface area contributed by atoms with E-state index in [0.717, 1.165) is 0 Å². The molecule has 0 saturated heterocycles. The van der Waals surface area contributed by atoms with E-state index in [-0.39, 0.29) is 5.92 Å². The van der Waals surface area contributed by atoms with Crippen molar-refractivity contribution in [1.29, 1.82) is 5.26 Å². The molecule has 1 heterocycles. The minimum absolute atomic E-state index is 0.0496. The molecule has 0 aromatic heterocycles. The monoisotopic (exact) mass is 173 g/mol. The second-order valence-electron chi connectivity index (χ2n) is 2.15. The van der Waals surface area contributed by atoms with Crippen LogP contribution in [0.15, 0.2) is 5.16 Å². The molecule has 0 bridgehead atoms. The molecule has 0 radical (unpaired) electrons. The number of oxime groups is 1. The molecule has 60 valence electrons. The third-order valence-corrected chi connectivity index (χ3v) is 1.84. The van der Waals surface area contributed by atoms with Crippen LogP contribution in [0.5, 0.6) is 0 Å². The Bertz CT molecular complexity index is 245. The van der Waals surface area contributed by atoms with Gasteiger partial charge in [-0.25, -0.2) is 0 Å². The van der Waals surface area contributed by atoms with Gasteiger partial charge in [-0.2, -0.15) is 9.47 Å². The van der Waals surface area contributed by atoms with Gasteiger partial charge in [0.25, 0.3) is 0 Å². The molecule has 0 fully saturated rings. The van der Waals surface area contributed by atoms with E-state index in [4.69, 9.17) is 5.26 Å². The molecule has 11 heavy (non-hydrogen) atoms. The molecule has 2 unspecified atom stereocenters.